The molecule has 4 nitrogen and oxygen atoms in total. The van der Waals surface area contributed by atoms with E-state index in [0.717, 1.165) is 0 Å². The topological polar surface area (TPSA) is 60.2 Å². The molecule has 0 N–H and O–H groups in total. The van der Waals surface area contributed by atoms with Gasteiger partial charge in [0.15, 0.2) is 0 Å². The van der Waals surface area contributed by atoms with Crippen LogP contribution in [0, 0.1) is 10.1 Å². The van der Waals surface area contributed by atoms with Gasteiger partial charge in [-0.1, -0.05) is 12.1 Å². The van der Waals surface area contributed by atoms with Crippen molar-refractivity contribution in [1.82, 2.24) is 0 Å². The van der Waals surface area contributed by atoms with E-state index in [1.165, 1.54) is 18.2 Å². The minimum atomic E-state index is -0.482. The highest BCUT2D eigenvalue weighted by Gasteiger charge is 2.08. The van der Waals surface area contributed by atoms with Gasteiger partial charge in [-0.05, 0) is 18.2 Å². The third-order valence-corrected chi connectivity index (χ3v) is 1.49. The minimum absolute atomic E-state index is 0.000556. The fraction of sp³-hybridized carbons (Fsp3) is 0. The van der Waals surface area contributed by atoms with Crippen LogP contribution in [0.25, 0.3) is 6.08 Å². The minimum Gasteiger partial charge on any atom is -0.299 e. The second-order valence-electron chi connectivity index (χ2n) is 2.31. The quantitative estimate of drug-likeness (QED) is 0.306. The van der Waals surface area contributed by atoms with Gasteiger partial charge in [0.25, 0.3) is 5.69 Å². The normalized spacial score (nSPS) is 10.2. The summed E-state index contributed by atoms with van der Waals surface area (Å²) in [5.41, 5.74) is 0.431. The Morgan fingerprint density at radius 1 is 1.31 bits per heavy atom. The van der Waals surface area contributed by atoms with Crippen LogP contribution in [0.3, 0.4) is 0 Å². The number of para-hydroxylation sites is 1. The lowest BCUT2D eigenvalue weighted by Gasteiger charge is -1.94. The molecular weight excluding hydrogens is 170 g/mol. The lowest BCUT2D eigenvalue weighted by molar-refractivity contribution is -0.385. The molecule has 1 rings (SSSR count). The summed E-state index contributed by atoms with van der Waals surface area (Å²) in [5.74, 6) is 0. The van der Waals surface area contributed by atoms with Gasteiger partial charge in [-0.3, -0.25) is 14.9 Å². The number of benzene rings is 1. The smallest absolute Gasteiger partial charge is 0.276 e. The molecule has 0 saturated carbocycles. The van der Waals surface area contributed by atoms with Gasteiger partial charge in [-0.15, -0.1) is 0 Å². The van der Waals surface area contributed by atoms with Crippen molar-refractivity contribution in [3.63, 3.8) is 0 Å². The number of hydrogen-bond donors (Lipinski definition) is 0. The van der Waals surface area contributed by atoms with Crippen molar-refractivity contribution < 1.29 is 9.72 Å². The first-order chi connectivity index (χ1) is 6.25. The van der Waals surface area contributed by atoms with Crippen molar-refractivity contribution in [1.29, 1.82) is 0 Å². The molecule has 0 amide bonds. The maximum atomic E-state index is 10.5. The number of nitro benzene ring substituents is 1. The number of nitrogens with zero attached hydrogens (tertiary/aromatic N) is 1. The maximum Gasteiger partial charge on any atom is 0.276 e. The summed E-state index contributed by atoms with van der Waals surface area (Å²) < 4.78 is 0. The van der Waals surface area contributed by atoms with Crippen molar-refractivity contribution in [2.45, 2.75) is 0 Å². The molecule has 0 aliphatic heterocycles. The largest absolute Gasteiger partial charge is 0.299 e. The van der Waals surface area contributed by atoms with Crippen LogP contribution >= 0.6 is 0 Å². The zero-order valence-electron chi connectivity index (χ0n) is 6.71. The number of carbonyl (C=O) groups excluding carboxylic acids is 1. The van der Waals surface area contributed by atoms with E-state index in [9.17, 15) is 14.9 Å². The Labute approximate surface area is 74.7 Å². The molecule has 0 unspecified atom stereocenters. The van der Waals surface area contributed by atoms with Crippen LogP contribution in [-0.2, 0) is 4.79 Å². The Balaban J connectivity index is 3.11. The van der Waals surface area contributed by atoms with Gasteiger partial charge in [0, 0.05) is 6.07 Å². The molecule has 4 heteroatoms. The second-order valence-corrected chi connectivity index (χ2v) is 2.31. The van der Waals surface area contributed by atoms with E-state index in [4.69, 9.17) is 0 Å². The number of allylic oxidation sites excluding steroid dienone is 1. The lowest BCUT2D eigenvalue weighted by Crippen LogP contribution is -1.90. The lowest BCUT2D eigenvalue weighted by atomic mass is 10.2. The van der Waals surface area contributed by atoms with E-state index in [1.54, 1.807) is 18.2 Å². The van der Waals surface area contributed by atoms with E-state index in [2.05, 4.69) is 0 Å². The first-order valence-corrected chi connectivity index (χ1v) is 3.61. The molecule has 0 spiro atoms. The van der Waals surface area contributed by atoms with Gasteiger partial charge in [0.2, 0.25) is 0 Å². The van der Waals surface area contributed by atoms with Crippen molar-refractivity contribution in [2.24, 2.45) is 0 Å². The first kappa shape index (κ1) is 9.12. The predicted octanol–water partition coefficient (Wildman–Crippen LogP) is 1.81. The molecule has 13 heavy (non-hydrogen) atoms. The summed E-state index contributed by atoms with van der Waals surface area (Å²) in [7, 11) is 0. The first-order valence-electron chi connectivity index (χ1n) is 3.61. The Morgan fingerprint density at radius 2 is 2.00 bits per heavy atom. The highest BCUT2D eigenvalue weighted by atomic mass is 16.6. The molecular formula is C9H7NO3. The predicted molar refractivity (Wildman–Crippen MR) is 48.2 cm³/mol. The number of hydrogen-bond acceptors (Lipinski definition) is 3. The molecule has 0 aromatic heterocycles. The molecule has 1 aromatic rings. The number of aldehydes is 1. The fourth-order valence-corrected chi connectivity index (χ4v) is 0.938. The summed E-state index contributed by atoms with van der Waals surface area (Å²) >= 11 is 0. The molecule has 0 bridgehead atoms. The van der Waals surface area contributed by atoms with Gasteiger partial charge in [-0.2, -0.15) is 0 Å². The highest BCUT2D eigenvalue weighted by Crippen LogP contribution is 2.18. The Bertz CT molecular complexity index is 358. The molecule has 0 heterocycles. The van der Waals surface area contributed by atoms with Gasteiger partial charge in [0.05, 0.1) is 10.5 Å². The van der Waals surface area contributed by atoms with Crippen LogP contribution in [0.1, 0.15) is 5.56 Å². The maximum absolute atomic E-state index is 10.5. The Hall–Kier alpha value is -1.97. The zero-order chi connectivity index (χ0) is 9.68. The molecule has 0 aliphatic rings. The summed E-state index contributed by atoms with van der Waals surface area (Å²) in [4.78, 5) is 20.0. The molecule has 66 valence electrons. The van der Waals surface area contributed by atoms with Crippen molar-refractivity contribution in [2.75, 3.05) is 0 Å². The van der Waals surface area contributed by atoms with Crippen LogP contribution < -0.4 is 0 Å². The third-order valence-electron chi connectivity index (χ3n) is 1.49. The average Bonchev–Trinajstić information content (AvgIpc) is 2.15. The van der Waals surface area contributed by atoms with Crippen LogP contribution in [0.2, 0.25) is 0 Å². The van der Waals surface area contributed by atoms with E-state index in [-0.39, 0.29) is 5.69 Å². The monoisotopic (exact) mass is 177 g/mol. The Kier molecular flexibility index (Phi) is 2.92. The summed E-state index contributed by atoms with van der Waals surface area (Å²) in [5, 5.41) is 10.5. The summed E-state index contributed by atoms with van der Waals surface area (Å²) in [6.07, 6.45) is 3.21. The number of nitro groups is 1. The third kappa shape index (κ3) is 2.23. The van der Waals surface area contributed by atoms with Gasteiger partial charge < -0.3 is 0 Å². The standard InChI is InChI=1S/C9H7NO3/c11-7-3-5-8-4-1-2-6-9(8)10(12)13/h1-7H/b5-3+. The zero-order valence-corrected chi connectivity index (χ0v) is 6.71. The fourth-order valence-electron chi connectivity index (χ4n) is 0.938. The van der Waals surface area contributed by atoms with Gasteiger partial charge >= 0.3 is 0 Å². The molecule has 0 atom stereocenters. The summed E-state index contributed by atoms with van der Waals surface area (Å²) in [6, 6.07) is 6.23. The highest BCUT2D eigenvalue weighted by molar-refractivity contribution is 5.76. The van der Waals surface area contributed by atoms with E-state index in [0.29, 0.717) is 11.8 Å². The molecule has 0 fully saturated rings. The molecule has 1 aromatic carbocycles. The van der Waals surface area contributed by atoms with Gasteiger partial charge in [0.1, 0.15) is 6.29 Å². The van der Waals surface area contributed by atoms with E-state index in [1.807, 2.05) is 0 Å². The summed E-state index contributed by atoms with van der Waals surface area (Å²) in [6.45, 7) is 0. The van der Waals surface area contributed by atoms with Crippen molar-refractivity contribution >= 4 is 18.0 Å². The average molecular weight is 177 g/mol. The second kappa shape index (κ2) is 4.15. The SMILES string of the molecule is O=C/C=C/c1ccccc1[N+](=O)[O-]. The molecule has 0 saturated heterocycles. The Morgan fingerprint density at radius 3 is 2.62 bits per heavy atom. The van der Waals surface area contributed by atoms with Crippen LogP contribution in [-0.4, -0.2) is 11.2 Å². The molecule has 0 radical (unpaired) electrons. The number of carbonyl (C=O) groups is 1. The number of rotatable bonds is 3. The van der Waals surface area contributed by atoms with E-state index < -0.39 is 4.92 Å². The van der Waals surface area contributed by atoms with Crippen LogP contribution in [0.15, 0.2) is 30.3 Å². The van der Waals surface area contributed by atoms with E-state index >= 15 is 0 Å². The van der Waals surface area contributed by atoms with Crippen LogP contribution in [0.4, 0.5) is 5.69 Å². The van der Waals surface area contributed by atoms with Gasteiger partial charge in [-0.25, -0.2) is 0 Å². The molecule has 0 aliphatic carbocycles. The van der Waals surface area contributed by atoms with Crippen molar-refractivity contribution in [3.05, 3.63) is 46.0 Å². The van der Waals surface area contributed by atoms with Crippen LogP contribution in [0.5, 0.6) is 0 Å². The van der Waals surface area contributed by atoms with Crippen molar-refractivity contribution in [3.8, 4) is 0 Å².